The Morgan fingerprint density at radius 2 is 1.33 bits per heavy atom. The highest BCUT2D eigenvalue weighted by molar-refractivity contribution is 7.80. The summed E-state index contributed by atoms with van der Waals surface area (Å²) in [4.78, 5) is 4.26. The molecule has 0 saturated heterocycles. The van der Waals surface area contributed by atoms with Gasteiger partial charge < -0.3 is 23.1 Å². The summed E-state index contributed by atoms with van der Waals surface area (Å²) in [5.41, 5.74) is 0. The van der Waals surface area contributed by atoms with E-state index in [1.165, 1.54) is 38.5 Å². The fourth-order valence-electron chi connectivity index (χ4n) is 2.80. The summed E-state index contributed by atoms with van der Waals surface area (Å²) in [5, 5.41) is 0.397. The van der Waals surface area contributed by atoms with Crippen molar-refractivity contribution < 1.29 is 13.3 Å². The van der Waals surface area contributed by atoms with Gasteiger partial charge in [-0.15, -0.1) is 0 Å². The zero-order valence-electron chi connectivity index (χ0n) is 18.8. The van der Waals surface area contributed by atoms with Crippen LogP contribution in [-0.4, -0.2) is 85.0 Å². The first kappa shape index (κ1) is 27.4. The van der Waals surface area contributed by atoms with E-state index in [0.29, 0.717) is 25.1 Å². The predicted molar refractivity (Wildman–Crippen MR) is 122 cm³/mol. The van der Waals surface area contributed by atoms with Crippen molar-refractivity contribution in [1.29, 1.82) is 0 Å². The Balaban J connectivity index is 4.57. The summed E-state index contributed by atoms with van der Waals surface area (Å²) in [6.07, 6.45) is 8.72. The molecule has 0 amide bonds. The van der Waals surface area contributed by atoms with Crippen molar-refractivity contribution in [3.05, 3.63) is 0 Å². The number of thiol groups is 1. The van der Waals surface area contributed by atoms with Crippen LogP contribution in [0.15, 0.2) is 0 Å². The van der Waals surface area contributed by atoms with Crippen LogP contribution in [0.2, 0.25) is 6.04 Å². The molecule has 0 saturated carbocycles. The Kier molecular flexibility index (Phi) is 17.5. The van der Waals surface area contributed by atoms with Crippen LogP contribution in [0.25, 0.3) is 0 Å². The van der Waals surface area contributed by atoms with Gasteiger partial charge >= 0.3 is 8.80 Å². The monoisotopic (exact) mass is 422 g/mol. The quantitative estimate of drug-likeness (QED) is 0.192. The first-order valence-electron chi connectivity index (χ1n) is 10.7. The molecule has 0 bridgehead atoms. The molecule has 0 aromatic heterocycles. The summed E-state index contributed by atoms with van der Waals surface area (Å²) >= 11 is 4.82. The number of rotatable bonds is 19. The third-order valence-corrected chi connectivity index (χ3v) is 7.94. The van der Waals surface area contributed by atoms with Gasteiger partial charge in [0.1, 0.15) is 0 Å². The molecule has 1 atom stereocenters. The molecule has 5 nitrogen and oxygen atoms in total. The van der Waals surface area contributed by atoms with E-state index in [9.17, 15) is 0 Å². The van der Waals surface area contributed by atoms with Gasteiger partial charge in [0.15, 0.2) is 0 Å². The van der Waals surface area contributed by atoms with Gasteiger partial charge in [-0.2, -0.15) is 12.6 Å². The Bertz CT molecular complexity index is 322. The van der Waals surface area contributed by atoms with E-state index >= 15 is 0 Å². The topological polar surface area (TPSA) is 34.2 Å². The summed E-state index contributed by atoms with van der Waals surface area (Å²) in [5.74, 6) is 0. The van der Waals surface area contributed by atoms with Gasteiger partial charge in [0.05, 0.1) is 13.2 Å². The van der Waals surface area contributed by atoms with E-state index in [-0.39, 0.29) is 0 Å². The highest BCUT2D eigenvalue weighted by Crippen LogP contribution is 2.23. The molecular weight excluding hydrogens is 376 g/mol. The largest absolute Gasteiger partial charge is 0.501 e. The molecule has 0 aliphatic heterocycles. The van der Waals surface area contributed by atoms with Crippen LogP contribution in [0.4, 0.5) is 0 Å². The first-order chi connectivity index (χ1) is 12.8. The molecule has 7 heteroatoms. The van der Waals surface area contributed by atoms with Gasteiger partial charge in [-0.3, -0.25) is 0 Å². The van der Waals surface area contributed by atoms with Crippen LogP contribution in [-0.2, 0) is 13.3 Å². The van der Waals surface area contributed by atoms with E-state index < -0.39 is 8.80 Å². The van der Waals surface area contributed by atoms with Crippen molar-refractivity contribution in [2.45, 2.75) is 70.1 Å². The van der Waals surface area contributed by atoms with Crippen LogP contribution in [0.1, 0.15) is 58.8 Å². The molecule has 0 radical (unpaired) electrons. The number of hydrogen-bond acceptors (Lipinski definition) is 6. The normalized spacial score (nSPS) is 13.7. The molecule has 0 aliphatic rings. The van der Waals surface area contributed by atoms with Gasteiger partial charge in [-0.25, -0.2) is 0 Å². The highest BCUT2D eigenvalue weighted by Gasteiger charge is 2.41. The summed E-state index contributed by atoms with van der Waals surface area (Å²) in [7, 11) is 5.58. The van der Waals surface area contributed by atoms with Gasteiger partial charge in [0, 0.05) is 31.0 Å². The summed E-state index contributed by atoms with van der Waals surface area (Å²) in [6, 6.07) is 0.852. The molecule has 0 aliphatic carbocycles. The summed E-state index contributed by atoms with van der Waals surface area (Å²) < 4.78 is 18.7. The van der Waals surface area contributed by atoms with E-state index in [2.05, 4.69) is 44.9 Å². The van der Waals surface area contributed by atoms with E-state index in [4.69, 9.17) is 25.9 Å². The van der Waals surface area contributed by atoms with E-state index in [1.54, 1.807) is 0 Å². The van der Waals surface area contributed by atoms with E-state index in [0.717, 1.165) is 25.6 Å². The maximum absolute atomic E-state index is 6.27. The second-order valence-electron chi connectivity index (χ2n) is 7.81. The van der Waals surface area contributed by atoms with Gasteiger partial charge in [0.2, 0.25) is 0 Å². The van der Waals surface area contributed by atoms with Crippen molar-refractivity contribution in [2.75, 3.05) is 61.1 Å². The SMILES string of the molecule is CCCCCCCC(S)CC[Si](OCC)(OCCN(C)C)OCCN(C)C. The smallest absolute Gasteiger partial charge is 0.374 e. The van der Waals surface area contributed by atoms with Gasteiger partial charge in [-0.05, 0) is 48.0 Å². The van der Waals surface area contributed by atoms with Crippen LogP contribution in [0.5, 0.6) is 0 Å². The number of nitrogens with zero attached hydrogens (tertiary/aromatic N) is 2. The molecule has 0 spiro atoms. The molecule has 0 rings (SSSR count). The fourth-order valence-corrected chi connectivity index (χ4v) is 5.98. The Hall–Kier alpha value is 0.367. The van der Waals surface area contributed by atoms with Crippen molar-refractivity contribution in [3.63, 3.8) is 0 Å². The lowest BCUT2D eigenvalue weighted by molar-refractivity contribution is 0.0539. The number of unbranched alkanes of at least 4 members (excludes halogenated alkanes) is 4. The molecule has 1 unspecified atom stereocenters. The van der Waals surface area contributed by atoms with Crippen molar-refractivity contribution in [3.8, 4) is 0 Å². The third-order valence-electron chi connectivity index (χ3n) is 4.51. The second-order valence-corrected chi connectivity index (χ2v) is 11.3. The zero-order chi connectivity index (χ0) is 20.5. The maximum atomic E-state index is 6.27. The lowest BCUT2D eigenvalue weighted by atomic mass is 10.1. The minimum atomic E-state index is -2.65. The second kappa shape index (κ2) is 17.2. The third kappa shape index (κ3) is 15.9. The van der Waals surface area contributed by atoms with Crippen molar-refractivity contribution >= 4 is 21.4 Å². The lowest BCUT2D eigenvalue weighted by Gasteiger charge is -2.31. The molecule has 27 heavy (non-hydrogen) atoms. The number of likely N-dealkylation sites (N-methyl/N-ethyl adjacent to an activating group) is 2. The average molecular weight is 423 g/mol. The average Bonchev–Trinajstić information content (AvgIpc) is 2.59. The van der Waals surface area contributed by atoms with Gasteiger partial charge in [-0.1, -0.05) is 39.0 Å². The Morgan fingerprint density at radius 1 is 0.778 bits per heavy atom. The minimum absolute atomic E-state index is 0.397. The number of hydrogen-bond donors (Lipinski definition) is 1. The standard InChI is InChI=1S/C20H46N2O3SSi/c1-7-9-10-11-12-13-20(26)14-19-27(23-8-2,24-17-15-21(3)4)25-18-16-22(5)6/h20,26H,7-19H2,1-6H3. The van der Waals surface area contributed by atoms with E-state index in [1.807, 2.05) is 6.92 Å². The molecule has 0 heterocycles. The Morgan fingerprint density at radius 3 is 1.81 bits per heavy atom. The van der Waals surface area contributed by atoms with Crippen molar-refractivity contribution in [2.24, 2.45) is 0 Å². The summed E-state index contributed by atoms with van der Waals surface area (Å²) in [6.45, 7) is 7.96. The van der Waals surface area contributed by atoms with Crippen LogP contribution in [0.3, 0.4) is 0 Å². The van der Waals surface area contributed by atoms with Crippen molar-refractivity contribution in [1.82, 2.24) is 9.80 Å². The van der Waals surface area contributed by atoms with Crippen LogP contribution >= 0.6 is 12.6 Å². The zero-order valence-corrected chi connectivity index (χ0v) is 20.7. The van der Waals surface area contributed by atoms with Crippen LogP contribution < -0.4 is 0 Å². The molecular formula is C20H46N2O3SSi. The predicted octanol–water partition coefficient (Wildman–Crippen LogP) is 4.17. The molecule has 0 aromatic rings. The maximum Gasteiger partial charge on any atom is 0.501 e. The fraction of sp³-hybridized carbons (Fsp3) is 1.00. The van der Waals surface area contributed by atoms with Gasteiger partial charge in [0.25, 0.3) is 0 Å². The Labute approximate surface area is 175 Å². The minimum Gasteiger partial charge on any atom is -0.374 e. The molecule has 0 N–H and O–H groups in total. The molecule has 0 aromatic carbocycles. The first-order valence-corrected chi connectivity index (χ1v) is 13.2. The lowest BCUT2D eigenvalue weighted by Crippen LogP contribution is -2.48. The highest BCUT2D eigenvalue weighted by atomic mass is 32.1. The van der Waals surface area contributed by atoms with Crippen LogP contribution in [0, 0.1) is 0 Å². The molecule has 164 valence electrons. The molecule has 0 fully saturated rings.